The molecule has 1 atom stereocenters. The second-order valence-corrected chi connectivity index (χ2v) is 9.48. The number of ether oxygens (including phenoxy) is 1. The summed E-state index contributed by atoms with van der Waals surface area (Å²) in [6.45, 7) is 16.7. The molecular weight excluding hydrogens is 510 g/mol. The minimum absolute atomic E-state index is 0.0500. The van der Waals surface area contributed by atoms with E-state index in [1.807, 2.05) is 6.08 Å². The average Bonchev–Trinajstić information content (AvgIpc) is 2.94. The first-order valence-corrected chi connectivity index (χ1v) is 13.7. The van der Waals surface area contributed by atoms with E-state index < -0.39 is 12.1 Å². The van der Waals surface area contributed by atoms with Crippen molar-refractivity contribution in [3.63, 3.8) is 0 Å². The smallest absolute Gasteiger partial charge is 0.335 e. The zero-order valence-electron chi connectivity index (χ0n) is 24.2. The van der Waals surface area contributed by atoms with E-state index in [-0.39, 0.29) is 23.7 Å². The van der Waals surface area contributed by atoms with Crippen LogP contribution in [-0.4, -0.2) is 57.8 Å². The van der Waals surface area contributed by atoms with Gasteiger partial charge in [-0.2, -0.15) is 0 Å². The number of aliphatic hydroxyl groups is 3. The van der Waals surface area contributed by atoms with Crippen molar-refractivity contribution < 1.29 is 35.1 Å². The number of hydrogen-bond acceptors (Lipinski definition) is 7. The predicted molar refractivity (Wildman–Crippen MR) is 161 cm³/mol. The second kappa shape index (κ2) is 22.6. The maximum atomic E-state index is 10.4. The Morgan fingerprint density at radius 1 is 1.05 bits per heavy atom. The number of rotatable bonds is 20. The van der Waals surface area contributed by atoms with Crippen LogP contribution < -0.4 is 5.32 Å². The van der Waals surface area contributed by atoms with E-state index >= 15 is 0 Å². The summed E-state index contributed by atoms with van der Waals surface area (Å²) in [7, 11) is 0. The molecule has 0 amide bonds. The highest BCUT2D eigenvalue weighted by molar-refractivity contribution is 5.87. The van der Waals surface area contributed by atoms with Crippen LogP contribution in [-0.2, 0) is 16.1 Å². The number of aromatic hydroxyl groups is 1. The molecule has 0 saturated heterocycles. The van der Waals surface area contributed by atoms with Crippen molar-refractivity contribution in [2.45, 2.75) is 71.5 Å². The van der Waals surface area contributed by atoms with E-state index in [4.69, 9.17) is 9.84 Å². The van der Waals surface area contributed by atoms with Crippen LogP contribution in [0.15, 0.2) is 78.6 Å². The summed E-state index contributed by atoms with van der Waals surface area (Å²) in [4.78, 5) is 10.4. The van der Waals surface area contributed by atoms with Gasteiger partial charge in [-0.05, 0) is 75.8 Å². The third kappa shape index (κ3) is 16.7. The topological polar surface area (TPSA) is 139 Å². The van der Waals surface area contributed by atoms with Gasteiger partial charge in [0, 0.05) is 25.3 Å². The lowest BCUT2D eigenvalue weighted by molar-refractivity contribution is -0.132. The van der Waals surface area contributed by atoms with Gasteiger partial charge < -0.3 is 35.6 Å². The Balaban J connectivity index is 0.00000106. The van der Waals surface area contributed by atoms with Gasteiger partial charge in [-0.25, -0.2) is 4.79 Å². The zero-order chi connectivity index (χ0) is 30.3. The fourth-order valence-corrected chi connectivity index (χ4v) is 3.52. The van der Waals surface area contributed by atoms with Crippen molar-refractivity contribution in [2.75, 3.05) is 26.3 Å². The molecule has 1 aromatic carbocycles. The van der Waals surface area contributed by atoms with Crippen LogP contribution in [0, 0.1) is 0 Å². The van der Waals surface area contributed by atoms with Crippen LogP contribution in [0.5, 0.6) is 5.75 Å². The normalized spacial score (nSPS) is 12.6. The highest BCUT2D eigenvalue weighted by Gasteiger charge is 2.10. The van der Waals surface area contributed by atoms with Crippen LogP contribution in [0.2, 0.25) is 0 Å². The summed E-state index contributed by atoms with van der Waals surface area (Å²) in [6.07, 6.45) is 11.8. The molecule has 0 saturated carbocycles. The molecule has 0 fully saturated rings. The Morgan fingerprint density at radius 3 is 2.30 bits per heavy atom. The summed E-state index contributed by atoms with van der Waals surface area (Å²) < 4.78 is 5.64. The molecule has 0 aliphatic rings. The number of nitrogens with one attached hydrogen (secondary N) is 1. The molecule has 224 valence electrons. The number of benzene rings is 1. The first-order chi connectivity index (χ1) is 19.1. The molecule has 0 aromatic heterocycles. The van der Waals surface area contributed by atoms with Gasteiger partial charge in [0.1, 0.15) is 11.5 Å². The number of aliphatic carboxylic acids is 1. The Bertz CT molecular complexity index is 981. The van der Waals surface area contributed by atoms with Crippen molar-refractivity contribution in [2.24, 2.45) is 0 Å². The number of phenols is 1. The molecule has 0 spiro atoms. The fraction of sp³-hybridized carbons (Fsp3) is 0.469. The molecule has 0 aliphatic heterocycles. The van der Waals surface area contributed by atoms with E-state index in [0.29, 0.717) is 23.2 Å². The quantitative estimate of drug-likeness (QED) is 0.0492. The van der Waals surface area contributed by atoms with E-state index in [2.05, 4.69) is 25.1 Å². The van der Waals surface area contributed by atoms with Gasteiger partial charge in [0.2, 0.25) is 0 Å². The van der Waals surface area contributed by atoms with Crippen LogP contribution in [0.1, 0.15) is 76.0 Å². The molecule has 40 heavy (non-hydrogen) atoms. The molecule has 1 unspecified atom stereocenters. The summed E-state index contributed by atoms with van der Waals surface area (Å²) in [5.41, 5.74) is 2.65. The summed E-state index contributed by atoms with van der Waals surface area (Å²) in [5, 5.41) is 49.9. The van der Waals surface area contributed by atoms with Crippen molar-refractivity contribution in [3.05, 3.63) is 89.8 Å². The lowest BCUT2D eigenvalue weighted by atomic mass is 10.1. The number of aliphatic hydroxyl groups excluding tert-OH is 3. The molecule has 0 aliphatic carbocycles. The van der Waals surface area contributed by atoms with Gasteiger partial charge in [0.05, 0.1) is 18.3 Å². The maximum absolute atomic E-state index is 10.4. The number of unbranched alkanes of at least 4 members (excludes halogenated alkanes) is 4. The minimum atomic E-state index is -1.12. The zero-order valence-corrected chi connectivity index (χ0v) is 24.2. The Hall–Kier alpha value is -3.17. The average molecular weight is 560 g/mol. The Kier molecular flexibility index (Phi) is 20.8. The molecule has 1 rings (SSSR count). The standard InChI is InChI=1S/C23H37NO4.C9H12O3/c1-3-19(2)10-6-9-15-28-14-8-5-4-7-13-24-17-23(27)20-11-12-22(26)21(16-20)18-25;1-4-5-6(2)8(10)7(3)9(11)12/h3,11-12,16,23-27H,1-2,4-10,13-15,17-18H2;4-5,10H,1H2,2-3H3,(H,11,12)/b;6-5+,8-7-. The third-order valence-corrected chi connectivity index (χ3v) is 6.13. The number of carbonyl (C=O) groups is 1. The van der Waals surface area contributed by atoms with Crippen molar-refractivity contribution in [1.29, 1.82) is 0 Å². The summed E-state index contributed by atoms with van der Waals surface area (Å²) >= 11 is 0. The number of carboxylic acids is 1. The molecule has 8 nitrogen and oxygen atoms in total. The predicted octanol–water partition coefficient (Wildman–Crippen LogP) is 6.03. The SMILES string of the molecule is C=C/C=C(C)/C(O)=C(\C)C(=O)O.C=CC(=C)CCCCOCCCCCCNCC(O)c1ccc(O)c(CO)c1. The maximum Gasteiger partial charge on any atom is 0.335 e. The van der Waals surface area contributed by atoms with Crippen LogP contribution in [0.4, 0.5) is 0 Å². The first kappa shape index (κ1) is 36.8. The molecule has 6 N–H and O–H groups in total. The molecule has 0 radical (unpaired) electrons. The third-order valence-electron chi connectivity index (χ3n) is 6.13. The largest absolute Gasteiger partial charge is 0.508 e. The minimum Gasteiger partial charge on any atom is -0.508 e. The van der Waals surface area contributed by atoms with Crippen molar-refractivity contribution in [1.82, 2.24) is 5.32 Å². The highest BCUT2D eigenvalue weighted by atomic mass is 16.5. The van der Waals surface area contributed by atoms with Gasteiger partial charge in [0.15, 0.2) is 0 Å². The van der Waals surface area contributed by atoms with Crippen LogP contribution in [0.3, 0.4) is 0 Å². The number of carboxylic acid groups (broad SMARTS) is 1. The monoisotopic (exact) mass is 559 g/mol. The fourth-order valence-electron chi connectivity index (χ4n) is 3.52. The van der Waals surface area contributed by atoms with Gasteiger partial charge in [-0.3, -0.25) is 0 Å². The van der Waals surface area contributed by atoms with E-state index in [1.54, 1.807) is 25.1 Å². The van der Waals surface area contributed by atoms with E-state index in [9.17, 15) is 25.2 Å². The highest BCUT2D eigenvalue weighted by Crippen LogP contribution is 2.22. The Labute approximate surface area is 239 Å². The molecular formula is C32H49NO7. The molecule has 0 heterocycles. The second-order valence-electron chi connectivity index (χ2n) is 9.48. The van der Waals surface area contributed by atoms with E-state index in [1.165, 1.54) is 19.1 Å². The lowest BCUT2D eigenvalue weighted by Crippen LogP contribution is -2.22. The van der Waals surface area contributed by atoms with Gasteiger partial charge in [-0.15, -0.1) is 0 Å². The van der Waals surface area contributed by atoms with E-state index in [0.717, 1.165) is 70.3 Å². The van der Waals surface area contributed by atoms with Gasteiger partial charge in [0.25, 0.3) is 0 Å². The van der Waals surface area contributed by atoms with Crippen LogP contribution >= 0.6 is 0 Å². The van der Waals surface area contributed by atoms with Crippen molar-refractivity contribution in [3.8, 4) is 5.75 Å². The Morgan fingerprint density at radius 2 is 1.70 bits per heavy atom. The summed E-state index contributed by atoms with van der Waals surface area (Å²) in [6, 6.07) is 4.82. The van der Waals surface area contributed by atoms with Gasteiger partial charge in [-0.1, -0.05) is 62.4 Å². The number of allylic oxidation sites excluding steroid dienone is 5. The molecule has 1 aromatic rings. The molecule has 8 heteroatoms. The van der Waals surface area contributed by atoms with Gasteiger partial charge >= 0.3 is 5.97 Å². The lowest BCUT2D eigenvalue weighted by Gasteiger charge is -2.14. The van der Waals surface area contributed by atoms with Crippen molar-refractivity contribution >= 4 is 5.97 Å². The first-order valence-electron chi connectivity index (χ1n) is 13.7. The summed E-state index contributed by atoms with van der Waals surface area (Å²) in [5.74, 6) is -1.28. The number of hydrogen-bond donors (Lipinski definition) is 6. The molecule has 0 bridgehead atoms. The van der Waals surface area contributed by atoms with Crippen LogP contribution in [0.25, 0.3) is 0 Å².